The molecule has 0 amide bonds. The molecule has 0 saturated carbocycles. The van der Waals surface area contributed by atoms with Crippen molar-refractivity contribution < 1.29 is 0 Å². The Bertz CT molecular complexity index is 2720. The molecule has 0 radical (unpaired) electrons. The molecule has 1 aromatic heterocycles. The Kier molecular flexibility index (Phi) is 6.00. The van der Waals surface area contributed by atoms with E-state index in [1.165, 1.54) is 94.3 Å². The predicted molar refractivity (Wildman–Crippen MR) is 213 cm³/mol. The van der Waals surface area contributed by atoms with Crippen LogP contribution in [-0.4, -0.2) is 4.57 Å². The third-order valence-electron chi connectivity index (χ3n) is 11.3. The summed E-state index contributed by atoms with van der Waals surface area (Å²) in [6.45, 7) is 0. The summed E-state index contributed by atoms with van der Waals surface area (Å²) < 4.78 is 2.50. The van der Waals surface area contributed by atoms with Gasteiger partial charge >= 0.3 is 0 Å². The van der Waals surface area contributed by atoms with Crippen LogP contribution in [0.25, 0.3) is 72.0 Å². The van der Waals surface area contributed by atoms with Gasteiger partial charge < -0.3 is 4.57 Å². The summed E-state index contributed by atoms with van der Waals surface area (Å²) in [7, 11) is 0. The van der Waals surface area contributed by atoms with Gasteiger partial charge in [-0.2, -0.15) is 0 Å². The van der Waals surface area contributed by atoms with E-state index in [1.807, 2.05) is 0 Å². The van der Waals surface area contributed by atoms with Gasteiger partial charge in [-0.25, -0.2) is 0 Å². The van der Waals surface area contributed by atoms with Crippen molar-refractivity contribution in [2.75, 3.05) is 0 Å². The van der Waals surface area contributed by atoms with E-state index < -0.39 is 5.41 Å². The summed E-state index contributed by atoms with van der Waals surface area (Å²) in [6, 6.07) is 66.6. The lowest BCUT2D eigenvalue weighted by atomic mass is 9.70. The van der Waals surface area contributed by atoms with Gasteiger partial charge in [-0.1, -0.05) is 151 Å². The van der Waals surface area contributed by atoms with Crippen molar-refractivity contribution in [1.82, 2.24) is 4.57 Å². The molecule has 51 heavy (non-hydrogen) atoms. The second-order valence-corrected chi connectivity index (χ2v) is 14.2. The highest BCUT2D eigenvalue weighted by Crippen LogP contribution is 2.64. The van der Waals surface area contributed by atoms with Gasteiger partial charge in [-0.3, -0.25) is 0 Å². The van der Waals surface area contributed by atoms with Gasteiger partial charge in [0.1, 0.15) is 0 Å². The molecule has 8 aromatic carbocycles. The standard InChI is InChI=1S/C49H30ClN/c50-35-24-25-38-44(30-35)49(41-18-9-7-16-36(41)37-17-8-10-19-42(37)49)43-20-11-21-47(48(38)43)51-45-26-22-33(31-12-3-1-4-13-31)28-39(45)40-29-34(23-27-46(40)51)32-14-5-2-6-15-32/h1-30H. The molecule has 0 aliphatic heterocycles. The Morgan fingerprint density at radius 3 is 1.49 bits per heavy atom. The Morgan fingerprint density at radius 1 is 0.373 bits per heavy atom. The van der Waals surface area contributed by atoms with E-state index in [0.717, 1.165) is 5.02 Å². The Hall–Kier alpha value is -6.15. The van der Waals surface area contributed by atoms with Crippen LogP contribution in [0.2, 0.25) is 5.02 Å². The molecule has 2 heteroatoms. The third kappa shape index (κ3) is 3.87. The maximum Gasteiger partial charge on any atom is 0.0726 e. The lowest BCUT2D eigenvalue weighted by Gasteiger charge is -2.30. The number of aromatic nitrogens is 1. The lowest BCUT2D eigenvalue weighted by molar-refractivity contribution is 0.793. The molecule has 1 heterocycles. The fourth-order valence-electron chi connectivity index (χ4n) is 9.23. The average molecular weight is 668 g/mol. The first-order valence-corrected chi connectivity index (χ1v) is 17.9. The Balaban J connectivity index is 1.25. The molecule has 0 bridgehead atoms. The van der Waals surface area contributed by atoms with Crippen LogP contribution in [0.3, 0.4) is 0 Å². The van der Waals surface area contributed by atoms with E-state index in [1.54, 1.807) is 0 Å². The normalized spacial score (nSPS) is 13.4. The van der Waals surface area contributed by atoms with Gasteiger partial charge in [0.2, 0.25) is 0 Å². The number of benzene rings is 8. The minimum Gasteiger partial charge on any atom is -0.309 e. The van der Waals surface area contributed by atoms with E-state index in [2.05, 4.69) is 187 Å². The second-order valence-electron chi connectivity index (χ2n) is 13.8. The lowest BCUT2D eigenvalue weighted by Crippen LogP contribution is -2.25. The predicted octanol–water partition coefficient (Wildman–Crippen LogP) is 13.1. The van der Waals surface area contributed by atoms with Crippen molar-refractivity contribution in [3.8, 4) is 50.2 Å². The molecule has 0 N–H and O–H groups in total. The highest BCUT2D eigenvalue weighted by atomic mass is 35.5. The van der Waals surface area contributed by atoms with Crippen molar-refractivity contribution >= 4 is 33.4 Å². The highest BCUT2D eigenvalue weighted by Gasteiger charge is 2.52. The zero-order chi connectivity index (χ0) is 33.7. The molecule has 1 nitrogen and oxygen atoms in total. The molecular formula is C49H30ClN. The van der Waals surface area contributed by atoms with Gasteiger partial charge in [0, 0.05) is 21.4 Å². The van der Waals surface area contributed by atoms with Crippen molar-refractivity contribution in [1.29, 1.82) is 0 Å². The molecule has 11 rings (SSSR count). The van der Waals surface area contributed by atoms with E-state index in [0.29, 0.717) is 0 Å². The molecule has 9 aromatic rings. The molecule has 0 atom stereocenters. The quantitative estimate of drug-likeness (QED) is 0.177. The van der Waals surface area contributed by atoms with Gasteiger partial charge in [0.15, 0.2) is 0 Å². The van der Waals surface area contributed by atoms with E-state index in [4.69, 9.17) is 11.6 Å². The summed E-state index contributed by atoms with van der Waals surface area (Å²) in [5.41, 5.74) is 18.2. The molecule has 2 aliphatic carbocycles. The molecule has 1 spiro atoms. The fourth-order valence-corrected chi connectivity index (χ4v) is 9.40. The summed E-state index contributed by atoms with van der Waals surface area (Å²) in [5, 5.41) is 3.23. The summed E-state index contributed by atoms with van der Waals surface area (Å²) in [5.74, 6) is 0. The van der Waals surface area contributed by atoms with Crippen molar-refractivity contribution in [2.45, 2.75) is 5.41 Å². The maximum atomic E-state index is 6.90. The Labute approximate surface area is 301 Å². The van der Waals surface area contributed by atoms with E-state index >= 15 is 0 Å². The molecule has 2 aliphatic rings. The minimum atomic E-state index is -0.474. The van der Waals surface area contributed by atoms with Crippen LogP contribution in [0.4, 0.5) is 0 Å². The van der Waals surface area contributed by atoms with Gasteiger partial charge in [-0.05, 0) is 104 Å². The molecule has 0 unspecified atom stereocenters. The van der Waals surface area contributed by atoms with Crippen molar-refractivity contribution in [3.05, 3.63) is 209 Å². The number of fused-ring (bicyclic) bond motifs is 13. The molecule has 238 valence electrons. The maximum absolute atomic E-state index is 6.90. The second kappa shape index (κ2) is 10.7. The zero-order valence-corrected chi connectivity index (χ0v) is 28.4. The van der Waals surface area contributed by atoms with Gasteiger partial charge in [0.05, 0.1) is 22.1 Å². The zero-order valence-electron chi connectivity index (χ0n) is 27.6. The summed E-state index contributed by atoms with van der Waals surface area (Å²) in [6.07, 6.45) is 0. The molecular weight excluding hydrogens is 638 g/mol. The summed E-state index contributed by atoms with van der Waals surface area (Å²) in [4.78, 5) is 0. The van der Waals surface area contributed by atoms with Crippen LogP contribution in [0.1, 0.15) is 22.3 Å². The highest BCUT2D eigenvalue weighted by molar-refractivity contribution is 6.31. The average Bonchev–Trinajstić information content (AvgIpc) is 3.79. The minimum absolute atomic E-state index is 0.474. The number of nitrogens with zero attached hydrogens (tertiary/aromatic N) is 1. The van der Waals surface area contributed by atoms with Crippen LogP contribution in [0.5, 0.6) is 0 Å². The smallest absolute Gasteiger partial charge is 0.0726 e. The number of halogens is 1. The monoisotopic (exact) mass is 667 g/mol. The van der Waals surface area contributed by atoms with Gasteiger partial charge in [-0.15, -0.1) is 0 Å². The van der Waals surface area contributed by atoms with Crippen molar-refractivity contribution in [2.24, 2.45) is 0 Å². The number of rotatable bonds is 3. The van der Waals surface area contributed by atoms with Crippen LogP contribution >= 0.6 is 11.6 Å². The van der Waals surface area contributed by atoms with Crippen molar-refractivity contribution in [3.63, 3.8) is 0 Å². The topological polar surface area (TPSA) is 4.93 Å². The van der Waals surface area contributed by atoms with E-state index in [9.17, 15) is 0 Å². The molecule has 0 fully saturated rings. The first-order valence-electron chi connectivity index (χ1n) is 17.5. The van der Waals surface area contributed by atoms with Crippen LogP contribution in [0, 0.1) is 0 Å². The van der Waals surface area contributed by atoms with Crippen LogP contribution in [-0.2, 0) is 5.41 Å². The third-order valence-corrected chi connectivity index (χ3v) is 11.5. The van der Waals surface area contributed by atoms with Gasteiger partial charge in [0.25, 0.3) is 0 Å². The largest absolute Gasteiger partial charge is 0.309 e. The molecule has 0 saturated heterocycles. The summed E-state index contributed by atoms with van der Waals surface area (Å²) >= 11 is 6.90. The number of hydrogen-bond acceptors (Lipinski definition) is 0. The SMILES string of the molecule is Clc1ccc2c(c1)C1(c3ccccc3-c3ccccc31)c1cccc(-n3c4ccc(-c5ccccc5)cc4c4cc(-c5ccccc5)ccc43)c1-2. The van der Waals surface area contributed by atoms with E-state index in [-0.39, 0.29) is 0 Å². The van der Waals surface area contributed by atoms with Crippen LogP contribution in [0.15, 0.2) is 182 Å². The van der Waals surface area contributed by atoms with Crippen LogP contribution < -0.4 is 0 Å². The Morgan fingerprint density at radius 2 is 0.902 bits per heavy atom. The first-order chi connectivity index (χ1) is 25.2. The number of hydrogen-bond donors (Lipinski definition) is 0. The first kappa shape index (κ1) is 28.7. The fraction of sp³-hybridized carbons (Fsp3) is 0.0204.